The van der Waals surface area contributed by atoms with Crippen molar-refractivity contribution in [2.45, 2.75) is 0 Å². The minimum atomic E-state index is 0.0935. The summed E-state index contributed by atoms with van der Waals surface area (Å²) in [6, 6.07) is 14.8. The van der Waals surface area contributed by atoms with E-state index in [1.165, 1.54) is 0 Å². The highest BCUT2D eigenvalue weighted by atomic mass is 16.3. The molecule has 0 bridgehead atoms. The number of nitrogens with one attached hydrogen (secondary N) is 1. The molecule has 0 aromatic heterocycles. The zero-order valence-electron chi connectivity index (χ0n) is 8.14. The normalized spacial score (nSPS) is 9.87. The molecule has 15 heavy (non-hydrogen) atoms. The van der Waals surface area contributed by atoms with E-state index in [9.17, 15) is 5.11 Å². The van der Waals surface area contributed by atoms with E-state index >= 15 is 0 Å². The van der Waals surface area contributed by atoms with Crippen molar-refractivity contribution in [2.24, 2.45) is 0 Å². The average Bonchev–Trinajstić information content (AvgIpc) is 2.26. The number of anilines is 3. The third-order valence-corrected chi connectivity index (χ3v) is 2.14. The number of hydrogen-bond donors (Lipinski definition) is 3. The number of nitrogens with two attached hydrogens (primary N) is 1. The zero-order valence-corrected chi connectivity index (χ0v) is 8.14. The maximum absolute atomic E-state index is 9.41. The highest BCUT2D eigenvalue weighted by Gasteiger charge is 2.02. The van der Waals surface area contributed by atoms with Gasteiger partial charge in [0.1, 0.15) is 5.75 Å². The highest BCUT2D eigenvalue weighted by Crippen LogP contribution is 2.30. The SMILES string of the molecule is Nc1c(O)cccc1Nc1ccccc1. The highest BCUT2D eigenvalue weighted by molar-refractivity contribution is 5.76. The third-order valence-electron chi connectivity index (χ3n) is 2.14. The molecule has 3 heteroatoms. The first-order chi connectivity index (χ1) is 7.27. The van der Waals surface area contributed by atoms with Crippen LogP contribution in [0.4, 0.5) is 17.1 Å². The van der Waals surface area contributed by atoms with E-state index in [4.69, 9.17) is 5.73 Å². The number of benzene rings is 2. The molecule has 76 valence electrons. The van der Waals surface area contributed by atoms with E-state index in [1.54, 1.807) is 12.1 Å². The summed E-state index contributed by atoms with van der Waals surface area (Å²) in [5.74, 6) is 0.0935. The zero-order chi connectivity index (χ0) is 10.7. The Morgan fingerprint density at radius 2 is 1.67 bits per heavy atom. The molecule has 0 amide bonds. The lowest BCUT2D eigenvalue weighted by Crippen LogP contribution is -1.95. The van der Waals surface area contributed by atoms with E-state index in [0.717, 1.165) is 5.69 Å². The van der Waals surface area contributed by atoms with Gasteiger partial charge in [-0.15, -0.1) is 0 Å². The molecule has 3 nitrogen and oxygen atoms in total. The van der Waals surface area contributed by atoms with Crippen molar-refractivity contribution in [1.82, 2.24) is 0 Å². The first-order valence-corrected chi connectivity index (χ1v) is 4.67. The Bertz CT molecular complexity index is 454. The molecule has 0 radical (unpaired) electrons. The second-order valence-electron chi connectivity index (χ2n) is 3.23. The van der Waals surface area contributed by atoms with Crippen LogP contribution < -0.4 is 11.1 Å². The van der Waals surface area contributed by atoms with E-state index < -0.39 is 0 Å². The molecule has 0 heterocycles. The number of aromatic hydroxyl groups is 1. The minimum Gasteiger partial charge on any atom is -0.506 e. The van der Waals surface area contributed by atoms with Gasteiger partial charge in [-0.1, -0.05) is 24.3 Å². The van der Waals surface area contributed by atoms with Gasteiger partial charge in [0.15, 0.2) is 0 Å². The van der Waals surface area contributed by atoms with E-state index in [2.05, 4.69) is 5.32 Å². The van der Waals surface area contributed by atoms with Gasteiger partial charge in [0.05, 0.1) is 11.4 Å². The van der Waals surface area contributed by atoms with Crippen LogP contribution in [0.1, 0.15) is 0 Å². The van der Waals surface area contributed by atoms with Gasteiger partial charge in [0.2, 0.25) is 0 Å². The molecule has 0 aliphatic rings. The Balaban J connectivity index is 2.29. The first-order valence-electron chi connectivity index (χ1n) is 4.67. The quantitative estimate of drug-likeness (QED) is 0.516. The van der Waals surface area contributed by atoms with Gasteiger partial charge in [0, 0.05) is 5.69 Å². The molecule has 0 aliphatic heterocycles. The molecule has 0 atom stereocenters. The maximum atomic E-state index is 9.41. The number of rotatable bonds is 2. The third kappa shape index (κ3) is 2.02. The Kier molecular flexibility index (Phi) is 2.46. The summed E-state index contributed by atoms with van der Waals surface area (Å²) in [5.41, 5.74) is 7.73. The predicted molar refractivity (Wildman–Crippen MR) is 62.2 cm³/mol. The molecule has 0 saturated carbocycles. The van der Waals surface area contributed by atoms with Crippen LogP contribution in [-0.2, 0) is 0 Å². The van der Waals surface area contributed by atoms with E-state index in [1.807, 2.05) is 36.4 Å². The van der Waals surface area contributed by atoms with Gasteiger partial charge in [-0.25, -0.2) is 0 Å². The van der Waals surface area contributed by atoms with Crippen LogP contribution in [0.25, 0.3) is 0 Å². The van der Waals surface area contributed by atoms with Crippen LogP contribution >= 0.6 is 0 Å². The molecule has 2 aromatic carbocycles. The molecule has 0 aliphatic carbocycles. The second kappa shape index (κ2) is 3.92. The van der Waals surface area contributed by atoms with Crippen molar-refractivity contribution in [3.8, 4) is 5.75 Å². The van der Waals surface area contributed by atoms with Crippen molar-refractivity contribution in [1.29, 1.82) is 0 Å². The topological polar surface area (TPSA) is 58.3 Å². The molecule has 4 N–H and O–H groups in total. The largest absolute Gasteiger partial charge is 0.506 e. The summed E-state index contributed by atoms with van der Waals surface area (Å²) in [6.07, 6.45) is 0. The Hall–Kier alpha value is -2.16. The fraction of sp³-hybridized carbons (Fsp3) is 0. The lowest BCUT2D eigenvalue weighted by Gasteiger charge is -2.09. The smallest absolute Gasteiger partial charge is 0.140 e. The average molecular weight is 200 g/mol. The van der Waals surface area contributed by atoms with Gasteiger partial charge in [-0.2, -0.15) is 0 Å². The van der Waals surface area contributed by atoms with Gasteiger partial charge < -0.3 is 16.2 Å². The minimum absolute atomic E-state index is 0.0935. The summed E-state index contributed by atoms with van der Waals surface area (Å²) in [6.45, 7) is 0. The van der Waals surface area contributed by atoms with Crippen LogP contribution in [0.3, 0.4) is 0 Å². The number of phenolic OH excluding ortho intramolecular Hbond substituents is 1. The summed E-state index contributed by atoms with van der Waals surface area (Å²) < 4.78 is 0. The van der Waals surface area contributed by atoms with Crippen LogP contribution in [0, 0.1) is 0 Å². The Morgan fingerprint density at radius 3 is 2.40 bits per heavy atom. The van der Waals surface area contributed by atoms with Crippen LogP contribution in [0.15, 0.2) is 48.5 Å². The fourth-order valence-electron chi connectivity index (χ4n) is 1.34. The molecular weight excluding hydrogens is 188 g/mol. The Morgan fingerprint density at radius 1 is 0.933 bits per heavy atom. The van der Waals surface area contributed by atoms with E-state index in [0.29, 0.717) is 11.4 Å². The van der Waals surface area contributed by atoms with E-state index in [-0.39, 0.29) is 5.75 Å². The van der Waals surface area contributed by atoms with Crippen LogP contribution in [0.5, 0.6) is 5.75 Å². The Labute approximate surface area is 88.2 Å². The van der Waals surface area contributed by atoms with Crippen LogP contribution in [0.2, 0.25) is 0 Å². The molecule has 2 aromatic rings. The fourth-order valence-corrected chi connectivity index (χ4v) is 1.34. The number of phenols is 1. The first kappa shape index (κ1) is 9.40. The standard InChI is InChI=1S/C12H12N2O/c13-12-10(7-4-8-11(12)15)14-9-5-2-1-3-6-9/h1-8,14-15H,13H2. The van der Waals surface area contributed by atoms with Gasteiger partial charge in [0.25, 0.3) is 0 Å². The van der Waals surface area contributed by atoms with Gasteiger partial charge >= 0.3 is 0 Å². The number of para-hydroxylation sites is 2. The molecule has 0 fully saturated rings. The molecule has 0 unspecified atom stereocenters. The van der Waals surface area contributed by atoms with Crippen molar-refractivity contribution in [3.63, 3.8) is 0 Å². The molecule has 0 saturated heterocycles. The lowest BCUT2D eigenvalue weighted by atomic mass is 10.2. The monoisotopic (exact) mass is 200 g/mol. The maximum Gasteiger partial charge on any atom is 0.140 e. The summed E-state index contributed by atoms with van der Waals surface area (Å²) in [7, 11) is 0. The second-order valence-corrected chi connectivity index (χ2v) is 3.23. The van der Waals surface area contributed by atoms with Gasteiger partial charge in [-0.05, 0) is 24.3 Å². The molecule has 2 rings (SSSR count). The number of hydrogen-bond acceptors (Lipinski definition) is 3. The van der Waals surface area contributed by atoms with Crippen molar-refractivity contribution in [3.05, 3.63) is 48.5 Å². The molecular formula is C12H12N2O. The lowest BCUT2D eigenvalue weighted by molar-refractivity contribution is 0.478. The van der Waals surface area contributed by atoms with Crippen molar-refractivity contribution < 1.29 is 5.11 Å². The van der Waals surface area contributed by atoms with Crippen molar-refractivity contribution >= 4 is 17.1 Å². The van der Waals surface area contributed by atoms with Crippen molar-refractivity contribution in [2.75, 3.05) is 11.1 Å². The van der Waals surface area contributed by atoms with Crippen LogP contribution in [-0.4, -0.2) is 5.11 Å². The number of nitrogen functional groups attached to an aromatic ring is 1. The summed E-state index contributed by atoms with van der Waals surface area (Å²) in [4.78, 5) is 0. The summed E-state index contributed by atoms with van der Waals surface area (Å²) >= 11 is 0. The molecule has 0 spiro atoms. The summed E-state index contributed by atoms with van der Waals surface area (Å²) in [5, 5.41) is 12.5. The predicted octanol–water partition coefficient (Wildman–Crippen LogP) is 2.72. The van der Waals surface area contributed by atoms with Gasteiger partial charge in [-0.3, -0.25) is 0 Å².